The second kappa shape index (κ2) is 6.90. The van der Waals surface area contributed by atoms with Gasteiger partial charge < -0.3 is 4.90 Å². The largest absolute Gasteiger partial charge is 0.367 e. The predicted octanol–water partition coefficient (Wildman–Crippen LogP) is 3.19. The predicted molar refractivity (Wildman–Crippen MR) is 104 cm³/mol. The highest BCUT2D eigenvalue weighted by molar-refractivity contribution is 7.89. The molecule has 0 atom stereocenters. The van der Waals surface area contributed by atoms with Crippen molar-refractivity contribution in [2.45, 2.75) is 11.8 Å². The third-order valence-electron chi connectivity index (χ3n) is 4.86. The van der Waals surface area contributed by atoms with Gasteiger partial charge in [0.2, 0.25) is 10.0 Å². The molecule has 0 amide bonds. The van der Waals surface area contributed by atoms with E-state index in [4.69, 9.17) is 0 Å². The molecule has 0 N–H and O–H groups in total. The Hall–Kier alpha value is -2.51. The van der Waals surface area contributed by atoms with E-state index >= 15 is 0 Å². The van der Waals surface area contributed by atoms with Crippen LogP contribution in [0.5, 0.6) is 0 Å². The number of anilines is 1. The zero-order valence-electron chi connectivity index (χ0n) is 15.0. The molecule has 2 aromatic carbocycles. The first-order valence-electron chi connectivity index (χ1n) is 8.82. The van der Waals surface area contributed by atoms with Crippen LogP contribution in [-0.2, 0) is 10.0 Å². The minimum Gasteiger partial charge on any atom is -0.367 e. The van der Waals surface area contributed by atoms with Crippen LogP contribution >= 0.6 is 0 Å². The molecule has 0 bridgehead atoms. The first kappa shape index (κ1) is 17.9. The Labute approximate surface area is 158 Å². The van der Waals surface area contributed by atoms with Gasteiger partial charge in [0.15, 0.2) is 0 Å². The number of aryl methyl sites for hydroxylation is 1. The topological polar surface area (TPSA) is 53.5 Å². The second-order valence-corrected chi connectivity index (χ2v) is 8.59. The molecule has 1 aliphatic heterocycles. The Morgan fingerprint density at radius 2 is 1.74 bits per heavy atom. The van der Waals surface area contributed by atoms with Gasteiger partial charge in [-0.2, -0.15) is 4.31 Å². The Morgan fingerprint density at radius 1 is 1.00 bits per heavy atom. The molecule has 0 radical (unpaired) electrons. The normalized spacial score (nSPS) is 16.0. The Bertz CT molecular complexity index is 1090. The number of benzene rings is 2. The summed E-state index contributed by atoms with van der Waals surface area (Å²) in [7, 11) is -3.67. The van der Waals surface area contributed by atoms with Gasteiger partial charge in [0.25, 0.3) is 0 Å². The number of fused-ring (bicyclic) bond motifs is 1. The molecule has 5 nitrogen and oxygen atoms in total. The van der Waals surface area contributed by atoms with E-state index in [9.17, 15) is 12.8 Å². The fraction of sp³-hybridized carbons (Fsp3) is 0.250. The SMILES string of the molecule is Cc1cnc2c(S(=O)(=O)N3CCN(c4ccccc4F)CC3)cccc2c1. The molecule has 1 fully saturated rings. The first-order valence-corrected chi connectivity index (χ1v) is 10.3. The summed E-state index contributed by atoms with van der Waals surface area (Å²) in [5.41, 5.74) is 1.98. The van der Waals surface area contributed by atoms with Gasteiger partial charge in [-0.1, -0.05) is 24.3 Å². The molecule has 27 heavy (non-hydrogen) atoms. The van der Waals surface area contributed by atoms with E-state index in [-0.39, 0.29) is 10.7 Å². The van der Waals surface area contributed by atoms with Crippen LogP contribution in [0.4, 0.5) is 10.1 Å². The second-order valence-electron chi connectivity index (χ2n) is 6.68. The molecule has 1 aromatic heterocycles. The summed E-state index contributed by atoms with van der Waals surface area (Å²) in [5, 5.41) is 0.807. The number of hydrogen-bond acceptors (Lipinski definition) is 4. The molecule has 1 aliphatic rings. The highest BCUT2D eigenvalue weighted by atomic mass is 32.2. The lowest BCUT2D eigenvalue weighted by molar-refractivity contribution is 0.383. The Morgan fingerprint density at radius 3 is 2.48 bits per heavy atom. The van der Waals surface area contributed by atoms with Crippen LogP contribution in [0.1, 0.15) is 5.56 Å². The third-order valence-corrected chi connectivity index (χ3v) is 6.79. The summed E-state index contributed by atoms with van der Waals surface area (Å²) in [6.07, 6.45) is 1.68. The standard InChI is InChI=1S/C20H20FN3O2S/c1-15-13-16-5-4-8-19(20(16)22-14-15)27(25,26)24-11-9-23(10-12-24)18-7-3-2-6-17(18)21/h2-8,13-14H,9-12H2,1H3. The van der Waals surface area contributed by atoms with Crippen LogP contribution < -0.4 is 4.90 Å². The zero-order chi connectivity index (χ0) is 19.0. The number of sulfonamides is 1. The van der Waals surface area contributed by atoms with Crippen molar-refractivity contribution < 1.29 is 12.8 Å². The van der Waals surface area contributed by atoms with Gasteiger partial charge in [-0.15, -0.1) is 0 Å². The zero-order valence-corrected chi connectivity index (χ0v) is 15.8. The van der Waals surface area contributed by atoms with Crippen LogP contribution in [0.15, 0.2) is 59.6 Å². The van der Waals surface area contributed by atoms with E-state index in [0.29, 0.717) is 37.4 Å². The van der Waals surface area contributed by atoms with E-state index < -0.39 is 10.0 Å². The van der Waals surface area contributed by atoms with E-state index in [2.05, 4.69) is 4.98 Å². The molecule has 4 rings (SSSR count). The van der Waals surface area contributed by atoms with Gasteiger partial charge in [-0.25, -0.2) is 12.8 Å². The molecule has 0 saturated carbocycles. The monoisotopic (exact) mass is 385 g/mol. The fourth-order valence-corrected chi connectivity index (χ4v) is 5.06. The van der Waals surface area contributed by atoms with Crippen molar-refractivity contribution in [3.05, 3.63) is 66.1 Å². The van der Waals surface area contributed by atoms with E-state index in [1.807, 2.05) is 24.0 Å². The van der Waals surface area contributed by atoms with Crippen molar-refractivity contribution in [3.63, 3.8) is 0 Å². The molecule has 2 heterocycles. The van der Waals surface area contributed by atoms with Crippen LogP contribution in [0, 0.1) is 12.7 Å². The molecule has 3 aromatic rings. The first-order chi connectivity index (χ1) is 13.0. The molecule has 0 unspecified atom stereocenters. The minimum atomic E-state index is -3.67. The lowest BCUT2D eigenvalue weighted by Crippen LogP contribution is -2.49. The summed E-state index contributed by atoms with van der Waals surface area (Å²) in [6, 6.07) is 13.7. The number of nitrogens with zero attached hydrogens (tertiary/aromatic N) is 3. The molecule has 0 aliphatic carbocycles. The minimum absolute atomic E-state index is 0.222. The van der Waals surface area contributed by atoms with Gasteiger partial charge in [-0.3, -0.25) is 4.98 Å². The van der Waals surface area contributed by atoms with Crippen molar-refractivity contribution >= 4 is 26.6 Å². The molecular formula is C20H20FN3O2S. The summed E-state index contributed by atoms with van der Waals surface area (Å²) in [6.45, 7) is 3.42. The quantitative estimate of drug-likeness (QED) is 0.695. The van der Waals surface area contributed by atoms with Crippen LogP contribution in [-0.4, -0.2) is 43.9 Å². The maximum absolute atomic E-state index is 14.0. The van der Waals surface area contributed by atoms with Crippen LogP contribution in [0.2, 0.25) is 0 Å². The highest BCUT2D eigenvalue weighted by Crippen LogP contribution is 2.27. The lowest BCUT2D eigenvalue weighted by atomic mass is 10.2. The van der Waals surface area contributed by atoms with Gasteiger partial charge in [0.05, 0.1) is 11.2 Å². The number of piperazine rings is 1. The van der Waals surface area contributed by atoms with Crippen molar-refractivity contribution in [3.8, 4) is 0 Å². The molecule has 0 spiro atoms. The number of halogens is 1. The fourth-order valence-electron chi connectivity index (χ4n) is 3.47. The molecule has 1 saturated heterocycles. The average molecular weight is 385 g/mol. The summed E-state index contributed by atoms with van der Waals surface area (Å²) in [5.74, 6) is -0.289. The summed E-state index contributed by atoms with van der Waals surface area (Å²) in [4.78, 5) is 6.45. The van der Waals surface area contributed by atoms with Gasteiger partial charge in [0.1, 0.15) is 10.7 Å². The number of aromatic nitrogens is 1. The van der Waals surface area contributed by atoms with E-state index in [0.717, 1.165) is 10.9 Å². The van der Waals surface area contributed by atoms with Crippen molar-refractivity contribution in [1.82, 2.24) is 9.29 Å². The third kappa shape index (κ3) is 3.28. The summed E-state index contributed by atoms with van der Waals surface area (Å²) < 4.78 is 41.8. The Balaban J connectivity index is 1.61. The van der Waals surface area contributed by atoms with Crippen LogP contribution in [0.3, 0.4) is 0 Å². The van der Waals surface area contributed by atoms with Crippen molar-refractivity contribution in [2.75, 3.05) is 31.1 Å². The van der Waals surface area contributed by atoms with Gasteiger partial charge >= 0.3 is 0 Å². The smallest absolute Gasteiger partial charge is 0.245 e. The number of para-hydroxylation sites is 2. The number of hydrogen-bond donors (Lipinski definition) is 0. The number of pyridine rings is 1. The van der Waals surface area contributed by atoms with E-state index in [1.165, 1.54) is 10.4 Å². The van der Waals surface area contributed by atoms with E-state index in [1.54, 1.807) is 36.5 Å². The molecular weight excluding hydrogens is 365 g/mol. The maximum Gasteiger partial charge on any atom is 0.245 e. The van der Waals surface area contributed by atoms with Crippen LogP contribution in [0.25, 0.3) is 10.9 Å². The Kier molecular flexibility index (Phi) is 4.57. The van der Waals surface area contributed by atoms with Crippen molar-refractivity contribution in [1.29, 1.82) is 0 Å². The average Bonchev–Trinajstić information content (AvgIpc) is 2.68. The molecule has 7 heteroatoms. The number of rotatable bonds is 3. The highest BCUT2D eigenvalue weighted by Gasteiger charge is 2.30. The summed E-state index contributed by atoms with van der Waals surface area (Å²) >= 11 is 0. The molecule has 140 valence electrons. The van der Waals surface area contributed by atoms with Gasteiger partial charge in [0, 0.05) is 37.8 Å². The lowest BCUT2D eigenvalue weighted by Gasteiger charge is -2.35. The van der Waals surface area contributed by atoms with Gasteiger partial charge in [-0.05, 0) is 36.8 Å². The maximum atomic E-state index is 14.0. The van der Waals surface area contributed by atoms with Crippen molar-refractivity contribution in [2.24, 2.45) is 0 Å².